The first-order valence-electron chi connectivity index (χ1n) is 20.6. The van der Waals surface area contributed by atoms with E-state index in [0.717, 1.165) is 54.2 Å². The van der Waals surface area contributed by atoms with Gasteiger partial charge in [-0.2, -0.15) is 0 Å². The average Bonchev–Trinajstić information content (AvgIpc) is 3.63. The van der Waals surface area contributed by atoms with Gasteiger partial charge in [-0.15, -0.1) is 0 Å². The molecule has 0 amide bonds. The Bertz CT molecular complexity index is 3310. The molecule has 0 fully saturated rings. The third-order valence-corrected chi connectivity index (χ3v) is 9.42. The van der Waals surface area contributed by atoms with E-state index in [1.807, 2.05) is 115 Å². The van der Waals surface area contributed by atoms with E-state index in [9.17, 15) is 2.74 Å². The summed E-state index contributed by atoms with van der Waals surface area (Å²) in [5.74, 6) is 0. The van der Waals surface area contributed by atoms with Gasteiger partial charge in [0.2, 0.25) is 0 Å². The lowest BCUT2D eigenvalue weighted by Gasteiger charge is -2.19. The fourth-order valence-electron chi connectivity index (χ4n) is 7.32. The highest BCUT2D eigenvalue weighted by Crippen LogP contribution is 2.47. The van der Waals surface area contributed by atoms with Crippen molar-refractivity contribution in [2.75, 3.05) is 0 Å². The second-order valence-corrected chi connectivity index (χ2v) is 12.1. The summed E-state index contributed by atoms with van der Waals surface area (Å²) in [6, 6.07) is 38.1. The highest BCUT2D eigenvalue weighted by atomic mass is 16.3. The zero-order chi connectivity index (χ0) is 40.1. The van der Waals surface area contributed by atoms with Crippen LogP contribution in [0.15, 0.2) is 186 Å². The summed E-state index contributed by atoms with van der Waals surface area (Å²) in [6.45, 7) is 0. The summed E-state index contributed by atoms with van der Waals surface area (Å²) in [5, 5.41) is 6.72. The highest BCUT2D eigenvalue weighted by molar-refractivity contribution is 6.25. The molecule has 10 aromatic rings. The molecule has 0 radical (unpaired) electrons. The normalized spacial score (nSPS) is 14.2. The van der Waals surface area contributed by atoms with Gasteiger partial charge in [0.05, 0.1) is 12.3 Å². The number of benzene rings is 9. The molecule has 9 aromatic carbocycles. The molecule has 1 heterocycles. The Kier molecular flexibility index (Phi) is 4.53. The Hall–Kier alpha value is -6.44. The van der Waals surface area contributed by atoms with Crippen LogP contribution < -0.4 is 0 Å². The van der Waals surface area contributed by atoms with Gasteiger partial charge in [0.15, 0.2) is 0 Å². The van der Waals surface area contributed by atoms with E-state index < -0.39 is 18.1 Å². The average molecular weight is 632 g/mol. The molecule has 0 N–H and O–H groups in total. The third-order valence-electron chi connectivity index (χ3n) is 9.42. The maximum absolute atomic E-state index is 9.77. The molecule has 0 saturated heterocycles. The molecule has 49 heavy (non-hydrogen) atoms. The van der Waals surface area contributed by atoms with Gasteiger partial charge in [0.25, 0.3) is 0 Å². The first-order valence-corrected chi connectivity index (χ1v) is 16.1. The molecule has 0 aliphatic carbocycles. The SMILES string of the molecule is [2H]c1c([2H])c([2H])c(-c2ccc3c(c2)oc2cccc(-c4c5ccccc5c(-c5c([2H])c([2H])c([2H])c(-c6cccc7ccccc67)c5[2H])c5ccccc45)c23)c([2H])c1[2H]. The lowest BCUT2D eigenvalue weighted by atomic mass is 9.84. The number of furan rings is 1. The Morgan fingerprint density at radius 3 is 1.78 bits per heavy atom. The van der Waals surface area contributed by atoms with Gasteiger partial charge in [-0.05, 0) is 101 Å². The van der Waals surface area contributed by atoms with E-state index >= 15 is 0 Å². The number of hydrogen-bond donors (Lipinski definition) is 0. The van der Waals surface area contributed by atoms with Gasteiger partial charge in [-0.3, -0.25) is 0 Å². The smallest absolute Gasteiger partial charge is 0.136 e. The van der Waals surface area contributed by atoms with Crippen LogP contribution in [-0.2, 0) is 0 Å². The van der Waals surface area contributed by atoms with E-state index in [1.165, 1.54) is 0 Å². The minimum absolute atomic E-state index is 0.0169. The largest absolute Gasteiger partial charge is 0.456 e. The van der Waals surface area contributed by atoms with Crippen molar-refractivity contribution < 1.29 is 16.8 Å². The van der Waals surface area contributed by atoms with Crippen LogP contribution in [0.4, 0.5) is 0 Å². The molecule has 0 saturated carbocycles. The Balaban J connectivity index is 1.26. The fourth-order valence-corrected chi connectivity index (χ4v) is 7.32. The minimum Gasteiger partial charge on any atom is -0.456 e. The van der Waals surface area contributed by atoms with Gasteiger partial charge >= 0.3 is 0 Å². The van der Waals surface area contributed by atoms with Crippen LogP contribution in [0.2, 0.25) is 0 Å². The fraction of sp³-hybridized carbons (Fsp3) is 0. The van der Waals surface area contributed by atoms with Crippen molar-refractivity contribution in [1.29, 1.82) is 0 Å². The van der Waals surface area contributed by atoms with Gasteiger partial charge in [-0.25, -0.2) is 0 Å². The van der Waals surface area contributed by atoms with Crippen molar-refractivity contribution >= 4 is 54.3 Å². The van der Waals surface area contributed by atoms with Crippen LogP contribution in [0.25, 0.3) is 98.8 Å². The van der Waals surface area contributed by atoms with Crippen LogP contribution in [0.3, 0.4) is 0 Å². The van der Waals surface area contributed by atoms with Crippen LogP contribution in [0.5, 0.6) is 0 Å². The summed E-state index contributed by atoms with van der Waals surface area (Å²) in [6.07, 6.45) is 0. The van der Waals surface area contributed by atoms with Gasteiger partial charge in [0, 0.05) is 10.8 Å². The van der Waals surface area contributed by atoms with Crippen LogP contribution >= 0.6 is 0 Å². The Morgan fingerprint density at radius 1 is 0.388 bits per heavy atom. The number of rotatable bonds is 4. The molecule has 228 valence electrons. The molecule has 1 nitrogen and oxygen atoms in total. The molecule has 10 rings (SSSR count). The van der Waals surface area contributed by atoms with Crippen molar-refractivity contribution in [2.45, 2.75) is 0 Å². The number of fused-ring (bicyclic) bond motifs is 6. The van der Waals surface area contributed by atoms with Crippen molar-refractivity contribution in [1.82, 2.24) is 0 Å². The second kappa shape index (κ2) is 11.1. The molecule has 1 aromatic heterocycles. The van der Waals surface area contributed by atoms with Crippen LogP contribution in [-0.4, -0.2) is 0 Å². The van der Waals surface area contributed by atoms with Gasteiger partial charge < -0.3 is 4.42 Å². The molecule has 0 aliphatic heterocycles. The summed E-state index contributed by atoms with van der Waals surface area (Å²) in [7, 11) is 0. The molecule has 0 spiro atoms. The molecular weight excluding hydrogens is 593 g/mol. The van der Waals surface area contributed by atoms with E-state index in [-0.39, 0.29) is 47.4 Å². The van der Waals surface area contributed by atoms with Crippen molar-refractivity contribution in [3.05, 3.63) is 182 Å². The zero-order valence-corrected chi connectivity index (χ0v) is 26.0. The Labute approximate surface area is 297 Å². The van der Waals surface area contributed by atoms with Crippen LogP contribution in [0.1, 0.15) is 12.3 Å². The maximum atomic E-state index is 9.77. The van der Waals surface area contributed by atoms with Crippen molar-refractivity contribution in [3.63, 3.8) is 0 Å². The van der Waals surface area contributed by atoms with Crippen molar-refractivity contribution in [2.24, 2.45) is 0 Å². The van der Waals surface area contributed by atoms with E-state index in [0.29, 0.717) is 33.4 Å². The highest BCUT2D eigenvalue weighted by Gasteiger charge is 2.20. The first kappa shape index (κ1) is 20.0. The predicted molar refractivity (Wildman–Crippen MR) is 208 cm³/mol. The van der Waals surface area contributed by atoms with E-state index in [2.05, 4.69) is 0 Å². The van der Waals surface area contributed by atoms with E-state index in [1.54, 1.807) is 12.1 Å². The summed E-state index contributed by atoms with van der Waals surface area (Å²) in [5.41, 5.74) is 5.34. The lowest BCUT2D eigenvalue weighted by molar-refractivity contribution is 0.669. The summed E-state index contributed by atoms with van der Waals surface area (Å²) >= 11 is 0. The quantitative estimate of drug-likeness (QED) is 0.176. The standard InChI is InChI=1S/C48H30O/c1-2-13-31(14-3-1)33-27-28-42-45(30-33)49-44-26-12-25-43(48(42)44)47-40-22-8-6-20-38(40)46(39-21-7-9-23-41(39)47)35-18-10-17-34(29-35)37-24-11-16-32-15-4-5-19-36(32)37/h1-30H/i1D,2D,3D,10D,13D,14D,17D,18D,29D. The first-order chi connectivity index (χ1) is 28.1. The Morgan fingerprint density at radius 2 is 1.00 bits per heavy atom. The molecule has 0 aliphatic rings. The monoisotopic (exact) mass is 631 g/mol. The molecule has 1 heteroatoms. The van der Waals surface area contributed by atoms with Gasteiger partial charge in [-0.1, -0.05) is 158 Å². The molecule has 0 unspecified atom stereocenters. The summed E-state index contributed by atoms with van der Waals surface area (Å²) < 4.78 is 85.3. The lowest BCUT2D eigenvalue weighted by Crippen LogP contribution is -1.91. The third kappa shape index (κ3) is 4.40. The van der Waals surface area contributed by atoms with Crippen molar-refractivity contribution in [3.8, 4) is 44.5 Å². The predicted octanol–water partition coefficient (Wildman–Crippen LogP) is 13.7. The van der Waals surface area contributed by atoms with Gasteiger partial charge in [0.1, 0.15) is 11.2 Å². The summed E-state index contributed by atoms with van der Waals surface area (Å²) in [4.78, 5) is 0. The molecular formula is C48H30O. The molecule has 0 atom stereocenters. The minimum atomic E-state index is -0.449. The number of hydrogen-bond acceptors (Lipinski definition) is 1. The second-order valence-electron chi connectivity index (χ2n) is 12.1. The zero-order valence-electron chi connectivity index (χ0n) is 35.0. The van der Waals surface area contributed by atoms with E-state index in [4.69, 9.17) is 14.0 Å². The van der Waals surface area contributed by atoms with Crippen LogP contribution in [0, 0.1) is 0 Å². The molecule has 0 bridgehead atoms. The maximum Gasteiger partial charge on any atom is 0.136 e. The topological polar surface area (TPSA) is 13.1 Å².